The predicted molar refractivity (Wildman–Crippen MR) is 100 cm³/mol. The Morgan fingerprint density at radius 2 is 1.70 bits per heavy atom. The third-order valence-electron chi connectivity index (χ3n) is 4.16. The number of benzene rings is 3. The van der Waals surface area contributed by atoms with E-state index in [-0.39, 0.29) is 34.6 Å². The lowest BCUT2D eigenvalue weighted by atomic mass is 10.1. The standard InChI is InChI=1S/C22H15FO4/c23-16-8-6-14(7-9-16)13-26-17-10-18(24)22-19(25)12-20(27-21(22)11-17)15-4-2-1-3-5-15/h1-12,24H,13H2. The first-order valence-corrected chi connectivity index (χ1v) is 8.34. The van der Waals surface area contributed by atoms with Crippen molar-refractivity contribution in [1.82, 2.24) is 0 Å². The molecule has 3 aromatic carbocycles. The molecule has 4 nitrogen and oxygen atoms in total. The average Bonchev–Trinajstić information content (AvgIpc) is 2.67. The SMILES string of the molecule is O=c1cc(-c2ccccc2)oc2cc(OCc3ccc(F)cc3)cc(O)c12. The maximum Gasteiger partial charge on any atom is 0.197 e. The van der Waals surface area contributed by atoms with Gasteiger partial charge >= 0.3 is 0 Å². The van der Waals surface area contributed by atoms with E-state index < -0.39 is 0 Å². The summed E-state index contributed by atoms with van der Waals surface area (Å²) in [6.07, 6.45) is 0. The van der Waals surface area contributed by atoms with E-state index in [2.05, 4.69) is 0 Å². The molecule has 0 saturated heterocycles. The average molecular weight is 362 g/mol. The number of hydrogen-bond donors (Lipinski definition) is 1. The number of aromatic hydroxyl groups is 1. The molecule has 0 unspecified atom stereocenters. The summed E-state index contributed by atoms with van der Waals surface area (Å²) in [5, 5.41) is 10.3. The lowest BCUT2D eigenvalue weighted by molar-refractivity contribution is 0.304. The van der Waals surface area contributed by atoms with Crippen LogP contribution in [0.15, 0.2) is 82.0 Å². The van der Waals surface area contributed by atoms with E-state index in [0.717, 1.165) is 11.1 Å². The van der Waals surface area contributed by atoms with Gasteiger partial charge in [-0.1, -0.05) is 42.5 Å². The highest BCUT2D eigenvalue weighted by atomic mass is 19.1. The summed E-state index contributed by atoms with van der Waals surface area (Å²) in [5.74, 6) is 0.216. The molecule has 0 saturated carbocycles. The van der Waals surface area contributed by atoms with Crippen LogP contribution in [0, 0.1) is 5.82 Å². The fourth-order valence-electron chi connectivity index (χ4n) is 2.82. The predicted octanol–water partition coefficient (Wildman–Crippen LogP) is 4.88. The molecule has 0 amide bonds. The Morgan fingerprint density at radius 3 is 2.44 bits per heavy atom. The summed E-state index contributed by atoms with van der Waals surface area (Å²) < 4.78 is 24.5. The molecule has 0 aliphatic carbocycles. The van der Waals surface area contributed by atoms with Crippen LogP contribution in [0.3, 0.4) is 0 Å². The summed E-state index contributed by atoms with van der Waals surface area (Å²) >= 11 is 0. The highest BCUT2D eigenvalue weighted by Crippen LogP contribution is 2.31. The monoisotopic (exact) mass is 362 g/mol. The fourth-order valence-corrected chi connectivity index (χ4v) is 2.82. The minimum atomic E-state index is -0.335. The van der Waals surface area contributed by atoms with E-state index >= 15 is 0 Å². The molecule has 0 bridgehead atoms. The highest BCUT2D eigenvalue weighted by Gasteiger charge is 2.13. The van der Waals surface area contributed by atoms with Crippen LogP contribution in [0.1, 0.15) is 5.56 Å². The van der Waals surface area contributed by atoms with Gasteiger partial charge < -0.3 is 14.3 Å². The molecule has 0 aliphatic rings. The number of hydrogen-bond acceptors (Lipinski definition) is 4. The number of fused-ring (bicyclic) bond motifs is 1. The smallest absolute Gasteiger partial charge is 0.197 e. The quantitative estimate of drug-likeness (QED) is 0.562. The first-order valence-electron chi connectivity index (χ1n) is 8.34. The summed E-state index contributed by atoms with van der Waals surface area (Å²) in [7, 11) is 0. The van der Waals surface area contributed by atoms with E-state index in [9.17, 15) is 14.3 Å². The van der Waals surface area contributed by atoms with E-state index in [0.29, 0.717) is 11.5 Å². The molecule has 1 N–H and O–H groups in total. The molecule has 1 aromatic heterocycles. The Morgan fingerprint density at radius 1 is 0.963 bits per heavy atom. The fraction of sp³-hybridized carbons (Fsp3) is 0.0455. The van der Waals surface area contributed by atoms with Gasteiger partial charge in [0.1, 0.15) is 40.7 Å². The summed E-state index contributed by atoms with van der Waals surface area (Å²) in [6, 6.07) is 19.4. The van der Waals surface area contributed by atoms with Crippen LogP contribution < -0.4 is 10.2 Å². The summed E-state index contributed by atoms with van der Waals surface area (Å²) in [6.45, 7) is 0.188. The molecule has 134 valence electrons. The van der Waals surface area contributed by atoms with Crippen molar-refractivity contribution in [1.29, 1.82) is 0 Å². The van der Waals surface area contributed by atoms with Crippen molar-refractivity contribution in [2.24, 2.45) is 0 Å². The molecular weight excluding hydrogens is 347 g/mol. The second kappa shape index (κ2) is 6.96. The Hall–Kier alpha value is -3.60. The van der Waals surface area contributed by atoms with Crippen molar-refractivity contribution in [2.75, 3.05) is 0 Å². The summed E-state index contributed by atoms with van der Waals surface area (Å²) in [5.41, 5.74) is 1.43. The number of phenolic OH excluding ortho intramolecular Hbond substituents is 1. The van der Waals surface area contributed by atoms with Crippen molar-refractivity contribution in [3.8, 4) is 22.8 Å². The van der Waals surface area contributed by atoms with Gasteiger partial charge in [0.05, 0.1) is 0 Å². The Balaban J connectivity index is 1.70. The molecule has 27 heavy (non-hydrogen) atoms. The van der Waals surface area contributed by atoms with Crippen molar-refractivity contribution < 1.29 is 18.7 Å². The van der Waals surface area contributed by atoms with Gasteiger partial charge in [-0.15, -0.1) is 0 Å². The van der Waals surface area contributed by atoms with Gasteiger partial charge in [0, 0.05) is 23.8 Å². The van der Waals surface area contributed by atoms with E-state index in [1.54, 1.807) is 18.2 Å². The minimum absolute atomic E-state index is 0.101. The lowest BCUT2D eigenvalue weighted by Gasteiger charge is -2.09. The van der Waals surface area contributed by atoms with Crippen molar-refractivity contribution in [3.63, 3.8) is 0 Å². The van der Waals surface area contributed by atoms with Crippen LogP contribution in [0.5, 0.6) is 11.5 Å². The molecular formula is C22H15FO4. The maximum atomic E-state index is 13.0. The van der Waals surface area contributed by atoms with Crippen LogP contribution >= 0.6 is 0 Å². The van der Waals surface area contributed by atoms with Gasteiger partial charge in [-0.05, 0) is 17.7 Å². The zero-order chi connectivity index (χ0) is 18.8. The Kier molecular flexibility index (Phi) is 4.34. The largest absolute Gasteiger partial charge is 0.507 e. The van der Waals surface area contributed by atoms with Crippen LogP contribution in [-0.4, -0.2) is 5.11 Å². The van der Waals surface area contributed by atoms with E-state index in [1.807, 2.05) is 30.3 Å². The van der Waals surface area contributed by atoms with E-state index in [1.165, 1.54) is 24.3 Å². The molecule has 4 rings (SSSR count). The highest BCUT2D eigenvalue weighted by molar-refractivity contribution is 5.86. The zero-order valence-corrected chi connectivity index (χ0v) is 14.2. The third kappa shape index (κ3) is 3.53. The first-order chi connectivity index (χ1) is 13.1. The van der Waals surface area contributed by atoms with Crippen LogP contribution in [0.2, 0.25) is 0 Å². The van der Waals surface area contributed by atoms with Gasteiger partial charge in [0.15, 0.2) is 5.43 Å². The maximum absolute atomic E-state index is 13.0. The molecule has 4 aromatic rings. The molecule has 1 heterocycles. The lowest BCUT2D eigenvalue weighted by Crippen LogP contribution is -2.02. The molecule has 0 radical (unpaired) electrons. The van der Waals surface area contributed by atoms with Crippen LogP contribution in [0.25, 0.3) is 22.3 Å². The van der Waals surface area contributed by atoms with Gasteiger partial charge in [-0.25, -0.2) is 4.39 Å². The Labute approximate surface area is 154 Å². The Bertz CT molecular complexity index is 1150. The van der Waals surface area contributed by atoms with Gasteiger partial charge in [-0.2, -0.15) is 0 Å². The first kappa shape index (κ1) is 16.8. The molecule has 0 atom stereocenters. The number of rotatable bonds is 4. The number of ether oxygens (including phenoxy) is 1. The molecule has 0 spiro atoms. The molecule has 5 heteroatoms. The normalized spacial score (nSPS) is 10.9. The zero-order valence-electron chi connectivity index (χ0n) is 14.2. The second-order valence-electron chi connectivity index (χ2n) is 6.07. The molecule has 0 aliphatic heterocycles. The van der Waals surface area contributed by atoms with Gasteiger partial charge in [-0.3, -0.25) is 4.79 Å². The molecule has 0 fully saturated rings. The van der Waals surface area contributed by atoms with Crippen molar-refractivity contribution in [2.45, 2.75) is 6.61 Å². The van der Waals surface area contributed by atoms with E-state index in [4.69, 9.17) is 9.15 Å². The van der Waals surface area contributed by atoms with Crippen molar-refractivity contribution >= 4 is 11.0 Å². The van der Waals surface area contributed by atoms with Crippen LogP contribution in [-0.2, 0) is 6.61 Å². The second-order valence-corrected chi connectivity index (χ2v) is 6.07. The third-order valence-corrected chi connectivity index (χ3v) is 4.16. The van der Waals surface area contributed by atoms with Crippen molar-refractivity contribution in [3.05, 3.63) is 94.4 Å². The summed E-state index contributed by atoms with van der Waals surface area (Å²) in [4.78, 5) is 12.4. The number of halogens is 1. The van der Waals surface area contributed by atoms with Crippen LogP contribution in [0.4, 0.5) is 4.39 Å². The topological polar surface area (TPSA) is 59.7 Å². The van der Waals surface area contributed by atoms with Gasteiger partial charge in [0.2, 0.25) is 0 Å². The minimum Gasteiger partial charge on any atom is -0.507 e. The number of phenols is 1. The van der Waals surface area contributed by atoms with Gasteiger partial charge in [0.25, 0.3) is 0 Å².